The van der Waals surface area contributed by atoms with Crippen molar-refractivity contribution in [2.75, 3.05) is 4.90 Å². The summed E-state index contributed by atoms with van der Waals surface area (Å²) >= 11 is 0. The van der Waals surface area contributed by atoms with Crippen LogP contribution in [0.2, 0.25) is 0 Å². The van der Waals surface area contributed by atoms with Gasteiger partial charge in [-0.25, -0.2) is 0 Å². The summed E-state index contributed by atoms with van der Waals surface area (Å²) < 4.78 is 13.0. The number of furan rings is 2. The number of hydrogen-bond acceptors (Lipinski definition) is 3. The van der Waals surface area contributed by atoms with Crippen molar-refractivity contribution in [3.8, 4) is 55.6 Å². The Balaban J connectivity index is 1.15. The zero-order valence-electron chi connectivity index (χ0n) is 34.3. The molecule has 0 unspecified atom stereocenters. The SMILES string of the molecule is c1ccc(-c2ccc(-c3c(-c4cccc5oc6ccccc6c45)cccc3N(c3ccc(-c4ccccc4)cc3)c3ccccc3-c3cccc4oc5ccccc5c34)cc2)cc1. The molecule has 0 N–H and O–H groups in total. The van der Waals surface area contributed by atoms with E-state index in [2.05, 4.69) is 229 Å². The molecule has 0 aliphatic heterocycles. The minimum atomic E-state index is 0.864. The number of rotatable bonds is 8. The average molecular weight is 806 g/mol. The molecule has 0 aliphatic carbocycles. The molecule has 0 atom stereocenters. The van der Waals surface area contributed by atoms with E-state index in [0.29, 0.717) is 0 Å². The van der Waals surface area contributed by atoms with Gasteiger partial charge in [0.1, 0.15) is 22.3 Å². The van der Waals surface area contributed by atoms with Crippen molar-refractivity contribution in [1.82, 2.24) is 0 Å². The first-order valence-corrected chi connectivity index (χ1v) is 21.4. The highest BCUT2D eigenvalue weighted by molar-refractivity contribution is 6.16. The van der Waals surface area contributed by atoms with Gasteiger partial charge >= 0.3 is 0 Å². The van der Waals surface area contributed by atoms with Crippen molar-refractivity contribution < 1.29 is 8.83 Å². The molecular weight excluding hydrogens is 767 g/mol. The molecule has 0 amide bonds. The molecule has 0 fully saturated rings. The summed E-state index contributed by atoms with van der Waals surface area (Å²) in [5.74, 6) is 0. The summed E-state index contributed by atoms with van der Waals surface area (Å²) in [7, 11) is 0. The Labute approximate surface area is 365 Å². The monoisotopic (exact) mass is 805 g/mol. The highest BCUT2D eigenvalue weighted by Gasteiger charge is 2.25. The lowest BCUT2D eigenvalue weighted by molar-refractivity contribution is 0.668. The van der Waals surface area contributed by atoms with Crippen LogP contribution in [-0.2, 0) is 0 Å². The van der Waals surface area contributed by atoms with Crippen LogP contribution < -0.4 is 4.90 Å². The summed E-state index contributed by atoms with van der Waals surface area (Å²) in [6.45, 7) is 0. The minimum absolute atomic E-state index is 0.864. The number of benzene rings is 10. The third-order valence-corrected chi connectivity index (χ3v) is 12.3. The van der Waals surface area contributed by atoms with Crippen LogP contribution in [0.1, 0.15) is 0 Å². The molecule has 10 aromatic carbocycles. The molecule has 0 aliphatic rings. The van der Waals surface area contributed by atoms with E-state index in [1.54, 1.807) is 0 Å². The van der Waals surface area contributed by atoms with Gasteiger partial charge in [-0.05, 0) is 93.0 Å². The zero-order valence-corrected chi connectivity index (χ0v) is 34.3. The minimum Gasteiger partial charge on any atom is -0.456 e. The largest absolute Gasteiger partial charge is 0.456 e. The van der Waals surface area contributed by atoms with Gasteiger partial charge in [-0.3, -0.25) is 0 Å². The molecule has 3 heteroatoms. The summed E-state index contributed by atoms with van der Waals surface area (Å²) in [6.07, 6.45) is 0. The van der Waals surface area contributed by atoms with Crippen molar-refractivity contribution in [3.05, 3.63) is 237 Å². The van der Waals surface area contributed by atoms with Crippen molar-refractivity contribution in [2.45, 2.75) is 0 Å². The second-order valence-electron chi connectivity index (χ2n) is 16.0. The van der Waals surface area contributed by atoms with Crippen molar-refractivity contribution >= 4 is 60.9 Å². The van der Waals surface area contributed by atoms with Crippen molar-refractivity contribution in [3.63, 3.8) is 0 Å². The van der Waals surface area contributed by atoms with Crippen LogP contribution in [0.3, 0.4) is 0 Å². The quantitative estimate of drug-likeness (QED) is 0.153. The van der Waals surface area contributed by atoms with Gasteiger partial charge in [0.25, 0.3) is 0 Å². The summed E-state index contributed by atoms with van der Waals surface area (Å²) in [5, 5.41) is 4.39. The van der Waals surface area contributed by atoms with Gasteiger partial charge in [-0.2, -0.15) is 0 Å². The third-order valence-electron chi connectivity index (χ3n) is 12.3. The van der Waals surface area contributed by atoms with E-state index in [-0.39, 0.29) is 0 Å². The molecule has 0 saturated carbocycles. The molecule has 0 spiro atoms. The highest BCUT2D eigenvalue weighted by Crippen LogP contribution is 2.51. The van der Waals surface area contributed by atoms with Gasteiger partial charge in [0.15, 0.2) is 0 Å². The zero-order chi connectivity index (χ0) is 41.7. The first kappa shape index (κ1) is 36.5. The average Bonchev–Trinajstić information content (AvgIpc) is 3.94. The Kier molecular flexibility index (Phi) is 8.83. The Morgan fingerprint density at radius 1 is 0.254 bits per heavy atom. The Morgan fingerprint density at radius 3 is 1.25 bits per heavy atom. The third kappa shape index (κ3) is 6.29. The molecular formula is C60H39NO2. The molecule has 2 heterocycles. The molecule has 0 saturated heterocycles. The number of anilines is 3. The van der Waals surface area contributed by atoms with Gasteiger partial charge in [0.05, 0.1) is 11.4 Å². The van der Waals surface area contributed by atoms with Crippen LogP contribution in [0.25, 0.3) is 99.5 Å². The first-order valence-electron chi connectivity index (χ1n) is 21.4. The fourth-order valence-electron chi connectivity index (χ4n) is 9.45. The predicted octanol–water partition coefficient (Wildman–Crippen LogP) is 17.3. The van der Waals surface area contributed by atoms with Crippen LogP contribution in [0.5, 0.6) is 0 Å². The summed E-state index contributed by atoms with van der Waals surface area (Å²) in [5.41, 5.74) is 18.0. The molecule has 0 bridgehead atoms. The lowest BCUT2D eigenvalue weighted by atomic mass is 9.89. The molecule has 2 aromatic heterocycles. The number of nitrogens with zero attached hydrogens (tertiary/aromatic N) is 1. The van der Waals surface area contributed by atoms with Crippen molar-refractivity contribution in [1.29, 1.82) is 0 Å². The van der Waals surface area contributed by atoms with Crippen LogP contribution in [-0.4, -0.2) is 0 Å². The fraction of sp³-hybridized carbons (Fsp3) is 0. The molecule has 296 valence electrons. The van der Waals surface area contributed by atoms with Crippen molar-refractivity contribution in [2.24, 2.45) is 0 Å². The number of fused-ring (bicyclic) bond motifs is 6. The fourth-order valence-corrected chi connectivity index (χ4v) is 9.45. The molecule has 12 rings (SSSR count). The van der Waals surface area contributed by atoms with Crippen LogP contribution in [0.15, 0.2) is 245 Å². The van der Waals surface area contributed by atoms with Gasteiger partial charge in [-0.1, -0.05) is 188 Å². The van der Waals surface area contributed by atoms with E-state index in [0.717, 1.165) is 99.9 Å². The smallest absolute Gasteiger partial charge is 0.136 e. The van der Waals surface area contributed by atoms with Crippen LogP contribution in [0, 0.1) is 0 Å². The Hall–Kier alpha value is -8.40. The van der Waals surface area contributed by atoms with Gasteiger partial charge in [0.2, 0.25) is 0 Å². The summed E-state index contributed by atoms with van der Waals surface area (Å²) in [6, 6.07) is 84.2. The second kappa shape index (κ2) is 15.3. The number of hydrogen-bond donors (Lipinski definition) is 0. The van der Waals surface area contributed by atoms with E-state index < -0.39 is 0 Å². The molecule has 3 nitrogen and oxygen atoms in total. The standard InChI is InChI=1S/C60H39NO2/c1-3-16-40(17-4-1)42-32-34-44(35-33-42)58-48(49-25-15-31-57-60(49)51-22-9-12-29-55(51)63-57)23-13-27-53(58)61(45-38-36-43(37-39-45)41-18-5-2-6-19-41)52-26-10-7-20-46(52)47-24-14-30-56-59(47)50-21-8-11-28-54(50)62-56/h1-39H. The predicted molar refractivity (Wildman–Crippen MR) is 263 cm³/mol. The molecule has 12 aromatic rings. The Morgan fingerprint density at radius 2 is 0.651 bits per heavy atom. The van der Waals surface area contributed by atoms with Gasteiger partial charge in [-0.15, -0.1) is 0 Å². The Bertz CT molecular complexity index is 3600. The van der Waals surface area contributed by atoms with E-state index in [1.807, 2.05) is 12.1 Å². The van der Waals surface area contributed by atoms with E-state index >= 15 is 0 Å². The first-order chi connectivity index (χ1) is 31.3. The van der Waals surface area contributed by atoms with E-state index in [4.69, 9.17) is 8.83 Å². The van der Waals surface area contributed by atoms with Gasteiger partial charge in [0, 0.05) is 38.4 Å². The molecule has 63 heavy (non-hydrogen) atoms. The lowest BCUT2D eigenvalue weighted by Gasteiger charge is -2.31. The summed E-state index contributed by atoms with van der Waals surface area (Å²) in [4.78, 5) is 2.45. The molecule has 0 radical (unpaired) electrons. The van der Waals surface area contributed by atoms with E-state index in [9.17, 15) is 0 Å². The maximum atomic E-state index is 6.49. The number of para-hydroxylation sites is 3. The lowest BCUT2D eigenvalue weighted by Crippen LogP contribution is -2.13. The van der Waals surface area contributed by atoms with Gasteiger partial charge < -0.3 is 13.7 Å². The second-order valence-corrected chi connectivity index (χ2v) is 16.0. The maximum absolute atomic E-state index is 6.49. The normalized spacial score (nSPS) is 11.5. The topological polar surface area (TPSA) is 29.5 Å². The highest BCUT2D eigenvalue weighted by atomic mass is 16.3. The maximum Gasteiger partial charge on any atom is 0.136 e. The van der Waals surface area contributed by atoms with Crippen LogP contribution in [0.4, 0.5) is 17.1 Å². The van der Waals surface area contributed by atoms with E-state index in [1.165, 1.54) is 16.7 Å². The van der Waals surface area contributed by atoms with Crippen LogP contribution >= 0.6 is 0 Å².